The van der Waals surface area contributed by atoms with Gasteiger partial charge < -0.3 is 20.3 Å². The van der Waals surface area contributed by atoms with Gasteiger partial charge in [-0.2, -0.15) is 0 Å². The number of guanidine groups is 1. The van der Waals surface area contributed by atoms with Crippen LogP contribution in [0.1, 0.15) is 24.8 Å². The van der Waals surface area contributed by atoms with Gasteiger partial charge in [0.05, 0.1) is 6.61 Å². The lowest BCUT2D eigenvalue weighted by molar-refractivity contribution is -0.127. The van der Waals surface area contributed by atoms with E-state index in [1.807, 2.05) is 11.0 Å². The van der Waals surface area contributed by atoms with Crippen LogP contribution in [0.5, 0.6) is 0 Å². The molecule has 2 atom stereocenters. The molecule has 7 heteroatoms. The van der Waals surface area contributed by atoms with Gasteiger partial charge in [0.2, 0.25) is 5.91 Å². The maximum atomic E-state index is 12.4. The largest absolute Gasteiger partial charge is 0.383 e. The second kappa shape index (κ2) is 11.9. The van der Waals surface area contributed by atoms with E-state index in [0.717, 1.165) is 58.3 Å². The molecule has 0 saturated carbocycles. The molecule has 7 nitrogen and oxygen atoms in total. The summed E-state index contributed by atoms with van der Waals surface area (Å²) in [7, 11) is 3.56. The van der Waals surface area contributed by atoms with Gasteiger partial charge in [0.1, 0.15) is 0 Å². The lowest BCUT2D eigenvalue weighted by atomic mass is 10.1. The average molecular weight is 416 g/mol. The van der Waals surface area contributed by atoms with Gasteiger partial charge >= 0.3 is 0 Å². The molecular weight excluding hydrogens is 378 g/mol. The molecule has 30 heavy (non-hydrogen) atoms. The van der Waals surface area contributed by atoms with Crippen LogP contribution >= 0.6 is 0 Å². The molecule has 0 spiro atoms. The van der Waals surface area contributed by atoms with Crippen molar-refractivity contribution in [3.8, 4) is 0 Å². The van der Waals surface area contributed by atoms with E-state index in [9.17, 15) is 4.79 Å². The molecule has 3 rings (SSSR count). The van der Waals surface area contributed by atoms with Gasteiger partial charge in [-0.05, 0) is 31.4 Å². The summed E-state index contributed by atoms with van der Waals surface area (Å²) in [6, 6.07) is 10.9. The van der Waals surface area contributed by atoms with Gasteiger partial charge in [-0.25, -0.2) is 0 Å². The minimum atomic E-state index is 0.264. The highest BCUT2D eigenvalue weighted by Crippen LogP contribution is 2.18. The molecule has 2 unspecified atom stereocenters. The summed E-state index contributed by atoms with van der Waals surface area (Å²) in [5, 5.41) is 6.89. The first kappa shape index (κ1) is 22.6. The zero-order valence-electron chi connectivity index (χ0n) is 18.5. The van der Waals surface area contributed by atoms with Crippen molar-refractivity contribution in [2.24, 2.45) is 10.9 Å². The third kappa shape index (κ3) is 6.71. The first-order chi connectivity index (χ1) is 14.7. The molecule has 0 aromatic heterocycles. The molecule has 1 aromatic carbocycles. The van der Waals surface area contributed by atoms with Crippen LogP contribution in [-0.4, -0.2) is 87.7 Å². The summed E-state index contributed by atoms with van der Waals surface area (Å²) in [6.07, 6.45) is 3.98. The number of aliphatic imine (C=N–C) groups is 1. The van der Waals surface area contributed by atoms with Crippen molar-refractivity contribution in [3.63, 3.8) is 0 Å². The number of likely N-dealkylation sites (tertiary alicyclic amines) is 2. The summed E-state index contributed by atoms with van der Waals surface area (Å²) >= 11 is 0. The van der Waals surface area contributed by atoms with Gasteiger partial charge in [-0.3, -0.25) is 14.7 Å². The first-order valence-electron chi connectivity index (χ1n) is 11.2. The molecule has 166 valence electrons. The van der Waals surface area contributed by atoms with E-state index >= 15 is 0 Å². The quantitative estimate of drug-likeness (QED) is 0.446. The lowest BCUT2D eigenvalue weighted by Gasteiger charge is -2.25. The van der Waals surface area contributed by atoms with Crippen molar-refractivity contribution in [3.05, 3.63) is 35.9 Å². The molecule has 0 radical (unpaired) electrons. The van der Waals surface area contributed by atoms with E-state index in [1.54, 1.807) is 14.2 Å². The third-order valence-electron chi connectivity index (χ3n) is 6.18. The molecule has 1 aromatic rings. The van der Waals surface area contributed by atoms with Gasteiger partial charge in [0.15, 0.2) is 5.96 Å². The van der Waals surface area contributed by atoms with Crippen LogP contribution in [0.15, 0.2) is 35.3 Å². The lowest BCUT2D eigenvalue weighted by Crippen LogP contribution is -2.46. The Kier molecular flexibility index (Phi) is 8.96. The highest BCUT2D eigenvalue weighted by atomic mass is 16.5. The molecule has 0 bridgehead atoms. The smallest absolute Gasteiger partial charge is 0.223 e. The van der Waals surface area contributed by atoms with Crippen molar-refractivity contribution < 1.29 is 9.53 Å². The number of methoxy groups -OCH3 is 1. The molecule has 2 saturated heterocycles. The Morgan fingerprint density at radius 2 is 2.00 bits per heavy atom. The van der Waals surface area contributed by atoms with E-state index in [-0.39, 0.29) is 5.91 Å². The number of hydrogen-bond acceptors (Lipinski definition) is 4. The summed E-state index contributed by atoms with van der Waals surface area (Å²) in [5.41, 5.74) is 1.28. The molecule has 2 aliphatic rings. The topological polar surface area (TPSA) is 69.2 Å². The fourth-order valence-corrected chi connectivity index (χ4v) is 4.42. The number of nitrogens with one attached hydrogen (secondary N) is 2. The Bertz CT molecular complexity index is 681. The summed E-state index contributed by atoms with van der Waals surface area (Å²) < 4.78 is 5.22. The molecule has 1 amide bonds. The predicted molar refractivity (Wildman–Crippen MR) is 121 cm³/mol. The molecule has 0 aliphatic carbocycles. The van der Waals surface area contributed by atoms with E-state index in [0.29, 0.717) is 18.4 Å². The number of hydrogen-bond donors (Lipinski definition) is 2. The molecule has 2 fully saturated rings. The van der Waals surface area contributed by atoms with Crippen LogP contribution in [0.4, 0.5) is 0 Å². The molecule has 2 aliphatic heterocycles. The third-order valence-corrected chi connectivity index (χ3v) is 6.18. The standard InChI is InChI=1S/C23H37N5O2/c1-24-23(26-17-21-9-6-11-27(21)13-14-30-2)25-16-20-15-22(29)28(18-20)12-10-19-7-4-3-5-8-19/h3-5,7-8,20-21H,6,9-18H2,1-2H3,(H2,24,25,26). The van der Waals surface area contributed by atoms with E-state index in [1.165, 1.54) is 18.4 Å². The van der Waals surface area contributed by atoms with Crippen molar-refractivity contribution in [2.75, 3.05) is 60.0 Å². The van der Waals surface area contributed by atoms with Crippen LogP contribution in [-0.2, 0) is 16.0 Å². The number of rotatable bonds is 10. The van der Waals surface area contributed by atoms with Crippen LogP contribution in [0, 0.1) is 5.92 Å². The summed E-state index contributed by atoms with van der Waals surface area (Å²) in [5.74, 6) is 1.42. The Morgan fingerprint density at radius 1 is 1.20 bits per heavy atom. The minimum Gasteiger partial charge on any atom is -0.383 e. The van der Waals surface area contributed by atoms with E-state index < -0.39 is 0 Å². The SMILES string of the molecule is CN=C(NCC1CC(=O)N(CCc2ccccc2)C1)NCC1CCCN1CCOC. The fourth-order valence-electron chi connectivity index (χ4n) is 4.42. The van der Waals surface area contributed by atoms with E-state index in [4.69, 9.17) is 4.74 Å². The Hall–Kier alpha value is -2.12. The monoisotopic (exact) mass is 415 g/mol. The van der Waals surface area contributed by atoms with Crippen molar-refractivity contribution >= 4 is 11.9 Å². The number of nitrogens with zero attached hydrogens (tertiary/aromatic N) is 3. The van der Waals surface area contributed by atoms with Crippen molar-refractivity contribution in [2.45, 2.75) is 31.7 Å². The second-order valence-electron chi connectivity index (χ2n) is 8.30. The average Bonchev–Trinajstić information content (AvgIpc) is 3.37. The van der Waals surface area contributed by atoms with Crippen LogP contribution in [0.2, 0.25) is 0 Å². The molecule has 2 heterocycles. The van der Waals surface area contributed by atoms with Crippen LogP contribution in [0.25, 0.3) is 0 Å². The Labute approximate surface area is 180 Å². The second-order valence-corrected chi connectivity index (χ2v) is 8.30. The summed E-state index contributed by atoms with van der Waals surface area (Å²) in [4.78, 5) is 21.2. The number of carbonyl (C=O) groups is 1. The van der Waals surface area contributed by atoms with Gasteiger partial charge in [-0.15, -0.1) is 0 Å². The fraction of sp³-hybridized carbons (Fsp3) is 0.652. The molecular formula is C23H37N5O2. The summed E-state index contributed by atoms with van der Waals surface area (Å²) in [6.45, 7) is 6.18. The van der Waals surface area contributed by atoms with Crippen molar-refractivity contribution in [1.82, 2.24) is 20.4 Å². The number of carbonyl (C=O) groups excluding carboxylic acids is 1. The Morgan fingerprint density at radius 3 is 2.77 bits per heavy atom. The molecule has 2 N–H and O–H groups in total. The highest BCUT2D eigenvalue weighted by molar-refractivity contribution is 5.80. The first-order valence-corrected chi connectivity index (χ1v) is 11.2. The maximum Gasteiger partial charge on any atom is 0.223 e. The van der Waals surface area contributed by atoms with Crippen LogP contribution in [0.3, 0.4) is 0 Å². The number of ether oxygens (including phenoxy) is 1. The number of benzene rings is 1. The van der Waals surface area contributed by atoms with Gasteiger partial charge in [-0.1, -0.05) is 30.3 Å². The van der Waals surface area contributed by atoms with Gasteiger partial charge in [0, 0.05) is 65.3 Å². The normalized spacial score (nSPS) is 22.7. The van der Waals surface area contributed by atoms with Crippen molar-refractivity contribution in [1.29, 1.82) is 0 Å². The van der Waals surface area contributed by atoms with Gasteiger partial charge in [0.25, 0.3) is 0 Å². The minimum absolute atomic E-state index is 0.264. The predicted octanol–water partition coefficient (Wildman–Crippen LogP) is 1.35. The highest BCUT2D eigenvalue weighted by Gasteiger charge is 2.29. The Balaban J connectivity index is 1.37. The maximum absolute atomic E-state index is 12.4. The number of amides is 1. The van der Waals surface area contributed by atoms with E-state index in [2.05, 4.69) is 44.8 Å². The zero-order valence-corrected chi connectivity index (χ0v) is 18.5. The van der Waals surface area contributed by atoms with Crippen LogP contribution < -0.4 is 10.6 Å². The zero-order chi connectivity index (χ0) is 21.2.